The number of hydrogen-bond donors (Lipinski definition) is 2. The zero-order valence-corrected chi connectivity index (χ0v) is 9.11. The number of Topliss-reactive ketones (excluding diaryl/α,β-unsaturated/α-hetero) is 1. The maximum absolute atomic E-state index is 11.2. The molecule has 1 aliphatic rings. The van der Waals surface area contributed by atoms with Gasteiger partial charge in [-0.1, -0.05) is 6.92 Å². The second-order valence-corrected chi connectivity index (χ2v) is 4.59. The predicted molar refractivity (Wildman–Crippen MR) is 56.4 cm³/mol. The van der Waals surface area contributed by atoms with Gasteiger partial charge in [-0.05, 0) is 38.0 Å². The molecule has 0 spiro atoms. The van der Waals surface area contributed by atoms with E-state index in [1.165, 1.54) is 0 Å². The van der Waals surface area contributed by atoms with Crippen molar-refractivity contribution in [3.63, 3.8) is 0 Å². The van der Waals surface area contributed by atoms with E-state index < -0.39 is 11.8 Å². The van der Waals surface area contributed by atoms with Gasteiger partial charge in [-0.15, -0.1) is 0 Å². The molecule has 0 heterocycles. The minimum absolute atomic E-state index is 0.298. The van der Waals surface area contributed by atoms with Crippen LogP contribution in [-0.2, 0) is 9.59 Å². The number of carboxylic acid groups (broad SMARTS) is 1. The molecule has 0 aromatic carbocycles. The molecule has 86 valence electrons. The Morgan fingerprint density at radius 3 is 2.33 bits per heavy atom. The second-order valence-electron chi connectivity index (χ2n) is 4.59. The van der Waals surface area contributed by atoms with Crippen molar-refractivity contribution >= 4 is 11.8 Å². The lowest BCUT2D eigenvalue weighted by Crippen LogP contribution is -2.29. The minimum atomic E-state index is -1.31. The van der Waals surface area contributed by atoms with Crippen molar-refractivity contribution in [1.29, 1.82) is 0 Å². The third-order valence-electron chi connectivity index (χ3n) is 3.24. The molecule has 0 aromatic heterocycles. The van der Waals surface area contributed by atoms with Gasteiger partial charge < -0.3 is 10.8 Å². The molecule has 1 rings (SSSR count). The maximum atomic E-state index is 11.2. The molecule has 0 aliphatic heterocycles. The fourth-order valence-corrected chi connectivity index (χ4v) is 2.24. The Labute approximate surface area is 89.8 Å². The topological polar surface area (TPSA) is 80.4 Å². The molecule has 1 atom stereocenters. The van der Waals surface area contributed by atoms with Gasteiger partial charge in [0.15, 0.2) is 0 Å². The van der Waals surface area contributed by atoms with Crippen LogP contribution < -0.4 is 5.73 Å². The highest BCUT2D eigenvalue weighted by Crippen LogP contribution is 2.28. The number of carboxylic acids is 1. The fraction of sp³-hybridized carbons (Fsp3) is 0.818. The molecule has 0 aromatic rings. The van der Waals surface area contributed by atoms with Crippen LogP contribution in [-0.4, -0.2) is 22.9 Å². The van der Waals surface area contributed by atoms with Crippen LogP contribution in [0.3, 0.4) is 0 Å². The predicted octanol–water partition coefficient (Wildman–Crippen LogP) is 1.18. The molecular formula is C11H19NO3. The Kier molecular flexibility index (Phi) is 4.27. The average Bonchev–Trinajstić information content (AvgIpc) is 2.20. The van der Waals surface area contributed by atoms with E-state index in [4.69, 9.17) is 10.8 Å². The van der Waals surface area contributed by atoms with Gasteiger partial charge in [0, 0.05) is 12.0 Å². The van der Waals surface area contributed by atoms with Crippen molar-refractivity contribution in [2.24, 2.45) is 17.6 Å². The third kappa shape index (κ3) is 3.63. The molecule has 3 N–H and O–H groups in total. The van der Waals surface area contributed by atoms with Gasteiger partial charge in [-0.25, -0.2) is 4.79 Å². The summed E-state index contributed by atoms with van der Waals surface area (Å²) in [7, 11) is 0. The van der Waals surface area contributed by atoms with E-state index >= 15 is 0 Å². The van der Waals surface area contributed by atoms with E-state index in [0.717, 1.165) is 25.7 Å². The normalized spacial score (nSPS) is 28.4. The second kappa shape index (κ2) is 5.26. The van der Waals surface area contributed by atoms with Crippen LogP contribution in [0.4, 0.5) is 0 Å². The summed E-state index contributed by atoms with van der Waals surface area (Å²) < 4.78 is 0. The third-order valence-corrected chi connectivity index (χ3v) is 3.24. The summed E-state index contributed by atoms with van der Waals surface area (Å²) in [5.41, 5.74) is 5.77. The van der Waals surface area contributed by atoms with Crippen LogP contribution in [0.1, 0.15) is 39.0 Å². The van der Waals surface area contributed by atoms with E-state index in [0.29, 0.717) is 18.4 Å². The van der Waals surface area contributed by atoms with Crippen LogP contribution >= 0.6 is 0 Å². The van der Waals surface area contributed by atoms with E-state index in [2.05, 4.69) is 0 Å². The Hall–Kier alpha value is -0.900. The van der Waals surface area contributed by atoms with Gasteiger partial charge in [-0.3, -0.25) is 4.79 Å². The van der Waals surface area contributed by atoms with Gasteiger partial charge in [0.25, 0.3) is 0 Å². The van der Waals surface area contributed by atoms with Gasteiger partial charge in [0.05, 0.1) is 0 Å². The molecule has 0 amide bonds. The quantitative estimate of drug-likeness (QED) is 0.687. The zero-order chi connectivity index (χ0) is 11.4. The van der Waals surface area contributed by atoms with Crippen molar-refractivity contribution < 1.29 is 14.7 Å². The number of carbonyl (C=O) groups excluding carboxylic acids is 1. The molecule has 0 saturated heterocycles. The number of hydrogen-bond acceptors (Lipinski definition) is 3. The first-order chi connectivity index (χ1) is 7.00. The molecule has 4 heteroatoms. The molecule has 1 fully saturated rings. The Morgan fingerprint density at radius 2 is 1.87 bits per heavy atom. The standard InChI is InChI=1S/C11H19NO3/c1-7(10(13)11(14)15)6-8-2-4-9(12)5-3-8/h7-9H,2-6,12H2,1H3,(H,14,15)/t7-,8?,9?/m0/s1. The molecule has 15 heavy (non-hydrogen) atoms. The van der Waals surface area contributed by atoms with Crippen molar-refractivity contribution in [3.8, 4) is 0 Å². The number of ketones is 1. The van der Waals surface area contributed by atoms with Crippen LogP contribution in [0, 0.1) is 11.8 Å². The molecule has 0 radical (unpaired) electrons. The summed E-state index contributed by atoms with van der Waals surface area (Å²) in [4.78, 5) is 21.6. The largest absolute Gasteiger partial charge is 0.475 e. The van der Waals surface area contributed by atoms with Gasteiger partial charge >= 0.3 is 5.97 Å². The van der Waals surface area contributed by atoms with E-state index in [1.54, 1.807) is 6.92 Å². The van der Waals surface area contributed by atoms with E-state index in [1.807, 2.05) is 0 Å². The summed E-state index contributed by atoms with van der Waals surface area (Å²) in [6, 6.07) is 0.298. The summed E-state index contributed by atoms with van der Waals surface area (Å²) in [6.07, 6.45) is 4.74. The zero-order valence-electron chi connectivity index (χ0n) is 9.11. The Bertz CT molecular complexity index is 244. The lowest BCUT2D eigenvalue weighted by molar-refractivity contribution is -0.151. The molecule has 4 nitrogen and oxygen atoms in total. The Balaban J connectivity index is 2.35. The average molecular weight is 213 g/mol. The number of carbonyl (C=O) groups is 2. The first-order valence-electron chi connectivity index (χ1n) is 5.53. The lowest BCUT2D eigenvalue weighted by atomic mass is 9.80. The molecule has 1 aliphatic carbocycles. The Morgan fingerprint density at radius 1 is 1.33 bits per heavy atom. The molecule has 0 bridgehead atoms. The van der Waals surface area contributed by atoms with Crippen molar-refractivity contribution in [3.05, 3.63) is 0 Å². The molecular weight excluding hydrogens is 194 g/mol. The highest BCUT2D eigenvalue weighted by atomic mass is 16.4. The van der Waals surface area contributed by atoms with Crippen molar-refractivity contribution in [2.75, 3.05) is 0 Å². The number of aliphatic carboxylic acids is 1. The van der Waals surface area contributed by atoms with Crippen LogP contribution in [0.25, 0.3) is 0 Å². The highest BCUT2D eigenvalue weighted by molar-refractivity contribution is 6.33. The van der Waals surface area contributed by atoms with Gasteiger partial charge in [0.1, 0.15) is 0 Å². The molecule has 1 saturated carbocycles. The fourth-order valence-electron chi connectivity index (χ4n) is 2.24. The van der Waals surface area contributed by atoms with Crippen molar-refractivity contribution in [1.82, 2.24) is 0 Å². The summed E-state index contributed by atoms with van der Waals surface area (Å²) in [5, 5.41) is 8.55. The van der Waals surface area contributed by atoms with Gasteiger partial charge in [-0.2, -0.15) is 0 Å². The number of nitrogens with two attached hydrogens (primary N) is 1. The first-order valence-corrected chi connectivity index (χ1v) is 5.53. The maximum Gasteiger partial charge on any atom is 0.372 e. The molecule has 0 unspecified atom stereocenters. The van der Waals surface area contributed by atoms with E-state index in [9.17, 15) is 9.59 Å². The van der Waals surface area contributed by atoms with Crippen LogP contribution in [0.15, 0.2) is 0 Å². The summed E-state index contributed by atoms with van der Waals surface area (Å²) in [5.74, 6) is -1.86. The highest BCUT2D eigenvalue weighted by Gasteiger charge is 2.26. The van der Waals surface area contributed by atoms with Crippen molar-refractivity contribution in [2.45, 2.75) is 45.1 Å². The monoisotopic (exact) mass is 213 g/mol. The van der Waals surface area contributed by atoms with Gasteiger partial charge in [0.2, 0.25) is 5.78 Å². The van der Waals surface area contributed by atoms with E-state index in [-0.39, 0.29) is 5.92 Å². The smallest absolute Gasteiger partial charge is 0.372 e. The van der Waals surface area contributed by atoms with Crippen LogP contribution in [0.2, 0.25) is 0 Å². The summed E-state index contributed by atoms with van der Waals surface area (Å²) in [6.45, 7) is 1.70. The summed E-state index contributed by atoms with van der Waals surface area (Å²) >= 11 is 0. The first kappa shape index (κ1) is 12.2. The van der Waals surface area contributed by atoms with Crippen LogP contribution in [0.5, 0.6) is 0 Å². The number of rotatable bonds is 4. The minimum Gasteiger partial charge on any atom is -0.475 e. The SMILES string of the molecule is C[C@@H](CC1CCC(N)CC1)C(=O)C(=O)O. The lowest BCUT2D eigenvalue weighted by Gasteiger charge is -2.27.